The first-order valence-corrected chi connectivity index (χ1v) is 7.16. The van der Waals surface area contributed by atoms with E-state index in [2.05, 4.69) is 5.32 Å². The quantitative estimate of drug-likeness (QED) is 0.542. The highest BCUT2D eigenvalue weighted by Crippen LogP contribution is 2.24. The third-order valence-corrected chi connectivity index (χ3v) is 4.13. The molecule has 0 bridgehead atoms. The fraction of sp³-hybridized carbons (Fsp3) is 1.00. The maximum Gasteiger partial charge on any atom is 0.0438 e. The summed E-state index contributed by atoms with van der Waals surface area (Å²) in [5.74, 6) is 2.92. The fourth-order valence-electron chi connectivity index (χ4n) is 2.17. The molecule has 1 aliphatic rings. The molecule has 3 nitrogen and oxygen atoms in total. The molecule has 15 heavy (non-hydrogen) atoms. The van der Waals surface area contributed by atoms with Gasteiger partial charge in [0.25, 0.3) is 0 Å². The van der Waals surface area contributed by atoms with E-state index < -0.39 is 0 Å². The van der Waals surface area contributed by atoms with E-state index in [0.29, 0.717) is 18.6 Å². The first-order chi connectivity index (χ1) is 7.38. The van der Waals surface area contributed by atoms with Crippen molar-refractivity contribution >= 4 is 11.8 Å². The van der Waals surface area contributed by atoms with Crippen molar-refractivity contribution in [2.24, 2.45) is 11.7 Å². The molecular formula is C11H24N2OS. The first kappa shape index (κ1) is 13.3. The van der Waals surface area contributed by atoms with Crippen LogP contribution in [0.2, 0.25) is 0 Å². The molecule has 0 amide bonds. The Balaban J connectivity index is 1.95. The second kappa shape index (κ2) is 8.39. The molecule has 0 saturated heterocycles. The highest BCUT2D eigenvalue weighted by atomic mass is 32.2. The molecule has 1 rings (SSSR count). The maximum absolute atomic E-state index is 8.62. The third-order valence-electron chi connectivity index (χ3n) is 3.06. The predicted octanol–water partition coefficient (Wildman–Crippen LogP) is 0.819. The van der Waals surface area contributed by atoms with Crippen LogP contribution in [0.5, 0.6) is 0 Å². The summed E-state index contributed by atoms with van der Waals surface area (Å²) in [6, 6.07) is 0.661. The first-order valence-electron chi connectivity index (χ1n) is 6.00. The largest absolute Gasteiger partial charge is 0.396 e. The molecule has 2 atom stereocenters. The number of rotatable bonds is 8. The Labute approximate surface area is 97.2 Å². The summed E-state index contributed by atoms with van der Waals surface area (Å²) in [5.41, 5.74) is 5.72. The molecule has 1 saturated carbocycles. The van der Waals surface area contributed by atoms with Gasteiger partial charge < -0.3 is 16.2 Å². The third kappa shape index (κ3) is 5.20. The lowest BCUT2D eigenvalue weighted by Crippen LogP contribution is -2.37. The lowest BCUT2D eigenvalue weighted by Gasteiger charge is -2.19. The van der Waals surface area contributed by atoms with E-state index in [0.717, 1.165) is 31.0 Å². The van der Waals surface area contributed by atoms with Crippen molar-refractivity contribution in [3.05, 3.63) is 0 Å². The van der Waals surface area contributed by atoms with Crippen molar-refractivity contribution in [1.29, 1.82) is 0 Å². The van der Waals surface area contributed by atoms with Crippen LogP contribution < -0.4 is 11.1 Å². The van der Waals surface area contributed by atoms with Gasteiger partial charge in [0.05, 0.1) is 0 Å². The summed E-state index contributed by atoms with van der Waals surface area (Å²) in [7, 11) is 0. The fourth-order valence-corrected chi connectivity index (χ4v) is 2.97. The number of hydrogen-bond donors (Lipinski definition) is 3. The van der Waals surface area contributed by atoms with Crippen LogP contribution >= 0.6 is 11.8 Å². The Bertz CT molecular complexity index is 158. The van der Waals surface area contributed by atoms with Gasteiger partial charge in [0, 0.05) is 24.9 Å². The van der Waals surface area contributed by atoms with Crippen LogP contribution in [0.15, 0.2) is 0 Å². The van der Waals surface area contributed by atoms with E-state index in [1.54, 1.807) is 0 Å². The van der Waals surface area contributed by atoms with Gasteiger partial charge in [-0.3, -0.25) is 0 Å². The number of nitrogens with one attached hydrogen (secondary N) is 1. The zero-order valence-corrected chi connectivity index (χ0v) is 10.3. The van der Waals surface area contributed by atoms with E-state index in [-0.39, 0.29) is 0 Å². The van der Waals surface area contributed by atoms with E-state index in [1.807, 2.05) is 11.8 Å². The minimum absolute atomic E-state index is 0.318. The van der Waals surface area contributed by atoms with Gasteiger partial charge in [-0.05, 0) is 37.5 Å². The van der Waals surface area contributed by atoms with Crippen LogP contribution in [0.3, 0.4) is 0 Å². The molecule has 0 aromatic heterocycles. The number of nitrogens with two attached hydrogens (primary N) is 1. The number of hydrogen-bond acceptors (Lipinski definition) is 4. The van der Waals surface area contributed by atoms with Gasteiger partial charge >= 0.3 is 0 Å². The topological polar surface area (TPSA) is 58.3 Å². The highest BCUT2D eigenvalue weighted by molar-refractivity contribution is 7.99. The van der Waals surface area contributed by atoms with Gasteiger partial charge in [0.15, 0.2) is 0 Å². The maximum atomic E-state index is 8.62. The van der Waals surface area contributed by atoms with Gasteiger partial charge in [-0.1, -0.05) is 6.42 Å². The zero-order valence-electron chi connectivity index (χ0n) is 9.45. The average molecular weight is 232 g/mol. The van der Waals surface area contributed by atoms with Crippen molar-refractivity contribution < 1.29 is 5.11 Å². The molecule has 90 valence electrons. The Morgan fingerprint density at radius 1 is 1.33 bits per heavy atom. The summed E-state index contributed by atoms with van der Waals surface area (Å²) in [6.45, 7) is 2.23. The molecule has 0 aromatic rings. The van der Waals surface area contributed by atoms with Crippen LogP contribution in [0.25, 0.3) is 0 Å². The molecule has 0 aromatic carbocycles. The number of thioether (sulfide) groups is 1. The predicted molar refractivity (Wildman–Crippen MR) is 67.2 cm³/mol. The molecule has 4 heteroatoms. The van der Waals surface area contributed by atoms with Gasteiger partial charge in [0.2, 0.25) is 0 Å². The second-order valence-corrected chi connectivity index (χ2v) is 5.40. The van der Waals surface area contributed by atoms with Gasteiger partial charge in [0.1, 0.15) is 0 Å². The van der Waals surface area contributed by atoms with Crippen LogP contribution in [0, 0.1) is 5.92 Å². The summed E-state index contributed by atoms with van der Waals surface area (Å²) in [6.07, 6.45) is 4.84. The minimum atomic E-state index is 0.318. The van der Waals surface area contributed by atoms with E-state index >= 15 is 0 Å². The summed E-state index contributed by atoms with van der Waals surface area (Å²) < 4.78 is 0. The second-order valence-electron chi connectivity index (χ2n) is 4.18. The van der Waals surface area contributed by atoms with Crippen LogP contribution in [0.4, 0.5) is 0 Å². The van der Waals surface area contributed by atoms with E-state index in [4.69, 9.17) is 10.8 Å². The molecule has 2 unspecified atom stereocenters. The Hall–Kier alpha value is 0.230. The van der Waals surface area contributed by atoms with Crippen molar-refractivity contribution in [3.8, 4) is 0 Å². The Morgan fingerprint density at radius 3 is 2.93 bits per heavy atom. The van der Waals surface area contributed by atoms with E-state index in [1.165, 1.54) is 19.3 Å². The standard InChI is InChI=1S/C11H24N2OS/c12-9-10-3-1-4-11(10)13-5-8-15-7-2-6-14/h10-11,13-14H,1-9,12H2. The molecule has 1 fully saturated rings. The van der Waals surface area contributed by atoms with Gasteiger partial charge in [-0.15, -0.1) is 0 Å². The average Bonchev–Trinajstić information content (AvgIpc) is 2.70. The lowest BCUT2D eigenvalue weighted by atomic mass is 10.0. The lowest BCUT2D eigenvalue weighted by molar-refractivity contribution is 0.296. The van der Waals surface area contributed by atoms with Crippen molar-refractivity contribution in [2.75, 3.05) is 31.2 Å². The monoisotopic (exact) mass is 232 g/mol. The summed E-state index contributed by atoms with van der Waals surface area (Å²) in [5, 5.41) is 12.2. The molecule has 0 heterocycles. The molecule has 0 radical (unpaired) electrons. The number of aliphatic hydroxyl groups excluding tert-OH is 1. The smallest absolute Gasteiger partial charge is 0.0438 e. The Kier molecular flexibility index (Phi) is 7.44. The Morgan fingerprint density at radius 2 is 2.20 bits per heavy atom. The highest BCUT2D eigenvalue weighted by Gasteiger charge is 2.24. The van der Waals surface area contributed by atoms with Crippen LogP contribution in [-0.2, 0) is 0 Å². The molecule has 1 aliphatic carbocycles. The van der Waals surface area contributed by atoms with Crippen LogP contribution in [0.1, 0.15) is 25.7 Å². The summed E-state index contributed by atoms with van der Waals surface area (Å²) in [4.78, 5) is 0. The van der Waals surface area contributed by atoms with Crippen molar-refractivity contribution in [2.45, 2.75) is 31.7 Å². The minimum Gasteiger partial charge on any atom is -0.396 e. The zero-order chi connectivity index (χ0) is 10.9. The molecular weight excluding hydrogens is 208 g/mol. The molecule has 4 N–H and O–H groups in total. The normalized spacial score (nSPS) is 26.0. The molecule has 0 aliphatic heterocycles. The van der Waals surface area contributed by atoms with E-state index in [9.17, 15) is 0 Å². The van der Waals surface area contributed by atoms with Gasteiger partial charge in [-0.25, -0.2) is 0 Å². The van der Waals surface area contributed by atoms with Crippen LogP contribution in [-0.4, -0.2) is 42.4 Å². The van der Waals surface area contributed by atoms with Crippen molar-refractivity contribution in [1.82, 2.24) is 5.32 Å². The molecule has 0 spiro atoms. The number of aliphatic hydroxyl groups is 1. The summed E-state index contributed by atoms with van der Waals surface area (Å²) >= 11 is 1.92. The van der Waals surface area contributed by atoms with Crippen molar-refractivity contribution in [3.63, 3.8) is 0 Å². The van der Waals surface area contributed by atoms with Gasteiger partial charge in [-0.2, -0.15) is 11.8 Å². The SMILES string of the molecule is NCC1CCCC1NCCSCCCO.